The van der Waals surface area contributed by atoms with Crippen LogP contribution in [-0.2, 0) is 0 Å². The minimum atomic E-state index is -0.560. The summed E-state index contributed by atoms with van der Waals surface area (Å²) in [6, 6.07) is 24.6. The topological polar surface area (TPSA) is 105 Å². The zero-order chi connectivity index (χ0) is 29.2. The standard InChI is InChI=1S/C32H23ClN4O5/c1-40-28-15-24-26(16-29(28)41-2)34-18-35-32(24)42-22-7-5-6-20(14-22)36-31(39)25-17-37(21-12-10-19(33)11-13-21)27-9-4-3-8-23(27)30(25)38/h3-18H,1-2H3,(H,36,39). The maximum absolute atomic E-state index is 13.5. The second kappa shape index (κ2) is 11.2. The lowest BCUT2D eigenvalue weighted by atomic mass is 10.1. The van der Waals surface area contributed by atoms with Crippen LogP contribution in [0.5, 0.6) is 23.1 Å². The number of pyridine rings is 1. The van der Waals surface area contributed by atoms with E-state index < -0.39 is 5.91 Å². The number of rotatable bonds is 7. The van der Waals surface area contributed by atoms with Gasteiger partial charge < -0.3 is 24.1 Å². The second-order valence-corrected chi connectivity index (χ2v) is 9.66. The molecule has 208 valence electrons. The number of nitrogens with one attached hydrogen (secondary N) is 1. The van der Waals surface area contributed by atoms with E-state index in [4.69, 9.17) is 25.8 Å². The quantitative estimate of drug-likeness (QED) is 0.226. The summed E-state index contributed by atoms with van der Waals surface area (Å²) in [7, 11) is 3.09. The number of methoxy groups -OCH3 is 2. The first-order valence-corrected chi connectivity index (χ1v) is 13.2. The Bertz CT molecular complexity index is 2030. The number of fused-ring (bicyclic) bond motifs is 2. The fraction of sp³-hybridized carbons (Fsp3) is 0.0625. The molecule has 0 saturated carbocycles. The van der Waals surface area contributed by atoms with Gasteiger partial charge in [0.1, 0.15) is 17.6 Å². The van der Waals surface area contributed by atoms with Crippen molar-refractivity contribution in [2.45, 2.75) is 0 Å². The summed E-state index contributed by atoms with van der Waals surface area (Å²) in [5.74, 6) is 1.19. The smallest absolute Gasteiger partial charge is 0.261 e. The summed E-state index contributed by atoms with van der Waals surface area (Å²) in [4.78, 5) is 35.4. The van der Waals surface area contributed by atoms with E-state index in [-0.39, 0.29) is 11.0 Å². The third-order valence-corrected chi connectivity index (χ3v) is 6.92. The lowest BCUT2D eigenvalue weighted by molar-refractivity contribution is 0.102. The van der Waals surface area contributed by atoms with Gasteiger partial charge in [-0.2, -0.15) is 0 Å². The van der Waals surface area contributed by atoms with Gasteiger partial charge in [0.15, 0.2) is 11.5 Å². The third-order valence-electron chi connectivity index (χ3n) is 6.67. The Morgan fingerprint density at radius 2 is 1.62 bits per heavy atom. The van der Waals surface area contributed by atoms with E-state index >= 15 is 0 Å². The molecule has 0 spiro atoms. The number of carbonyl (C=O) groups is 1. The van der Waals surface area contributed by atoms with Crippen molar-refractivity contribution >= 4 is 45.0 Å². The van der Waals surface area contributed by atoms with Gasteiger partial charge >= 0.3 is 0 Å². The van der Waals surface area contributed by atoms with Crippen LogP contribution >= 0.6 is 11.6 Å². The number of para-hydroxylation sites is 1. The van der Waals surface area contributed by atoms with Crippen LogP contribution in [0.25, 0.3) is 27.5 Å². The lowest BCUT2D eigenvalue weighted by Gasteiger charge is -2.14. The minimum Gasteiger partial charge on any atom is -0.493 e. The van der Waals surface area contributed by atoms with Crippen molar-refractivity contribution in [3.05, 3.63) is 118 Å². The molecule has 4 aromatic carbocycles. The molecule has 1 amide bonds. The Morgan fingerprint density at radius 3 is 2.40 bits per heavy atom. The SMILES string of the molecule is COc1cc2ncnc(Oc3cccc(NC(=O)c4cn(-c5ccc(Cl)cc5)c5ccccc5c4=O)c3)c2cc1OC. The molecule has 10 heteroatoms. The highest BCUT2D eigenvalue weighted by molar-refractivity contribution is 6.30. The fourth-order valence-electron chi connectivity index (χ4n) is 4.64. The molecule has 0 bridgehead atoms. The highest BCUT2D eigenvalue weighted by Crippen LogP contribution is 2.36. The monoisotopic (exact) mass is 578 g/mol. The van der Waals surface area contributed by atoms with Gasteiger partial charge in [-0.25, -0.2) is 9.97 Å². The third kappa shape index (κ3) is 5.09. The normalized spacial score (nSPS) is 10.9. The molecule has 0 radical (unpaired) electrons. The summed E-state index contributed by atoms with van der Waals surface area (Å²) in [6.07, 6.45) is 2.93. The van der Waals surface area contributed by atoms with Crippen molar-refractivity contribution in [3.8, 4) is 28.8 Å². The molecular weight excluding hydrogens is 556 g/mol. The Balaban J connectivity index is 1.32. The number of nitrogens with zero attached hydrogens (tertiary/aromatic N) is 3. The van der Waals surface area contributed by atoms with Gasteiger partial charge in [0.05, 0.1) is 30.6 Å². The molecule has 0 aliphatic carbocycles. The molecule has 6 rings (SSSR count). The molecule has 0 aliphatic heterocycles. The number of halogens is 1. The van der Waals surface area contributed by atoms with Crippen LogP contribution in [0.3, 0.4) is 0 Å². The minimum absolute atomic E-state index is 0.0159. The molecule has 0 aliphatic rings. The number of ether oxygens (including phenoxy) is 3. The predicted molar refractivity (Wildman–Crippen MR) is 162 cm³/mol. The lowest BCUT2D eigenvalue weighted by Crippen LogP contribution is -2.23. The summed E-state index contributed by atoms with van der Waals surface area (Å²) in [5, 5.41) is 4.44. The molecule has 42 heavy (non-hydrogen) atoms. The van der Waals surface area contributed by atoms with E-state index in [0.29, 0.717) is 55.6 Å². The van der Waals surface area contributed by atoms with Crippen LogP contribution in [0.2, 0.25) is 5.02 Å². The van der Waals surface area contributed by atoms with E-state index in [2.05, 4.69) is 15.3 Å². The van der Waals surface area contributed by atoms with Gasteiger partial charge in [0.2, 0.25) is 11.3 Å². The first kappa shape index (κ1) is 26.8. The zero-order valence-corrected chi connectivity index (χ0v) is 23.3. The van der Waals surface area contributed by atoms with Crippen molar-refractivity contribution in [1.82, 2.24) is 14.5 Å². The van der Waals surface area contributed by atoms with E-state index in [1.165, 1.54) is 12.5 Å². The second-order valence-electron chi connectivity index (χ2n) is 9.22. The first-order valence-electron chi connectivity index (χ1n) is 12.8. The van der Waals surface area contributed by atoms with Crippen molar-refractivity contribution in [2.75, 3.05) is 19.5 Å². The maximum atomic E-state index is 13.5. The summed E-state index contributed by atoms with van der Waals surface area (Å²) in [6.45, 7) is 0. The Kier molecular flexibility index (Phi) is 7.16. The highest BCUT2D eigenvalue weighted by atomic mass is 35.5. The molecule has 1 N–H and O–H groups in total. The predicted octanol–water partition coefficient (Wildman–Crippen LogP) is 6.65. The van der Waals surface area contributed by atoms with Crippen LogP contribution < -0.4 is 25.0 Å². The molecule has 2 heterocycles. The number of carbonyl (C=O) groups excluding carboxylic acids is 1. The van der Waals surface area contributed by atoms with Gasteiger partial charge in [-0.3, -0.25) is 9.59 Å². The highest BCUT2D eigenvalue weighted by Gasteiger charge is 2.17. The van der Waals surface area contributed by atoms with E-state index in [9.17, 15) is 9.59 Å². The van der Waals surface area contributed by atoms with Crippen molar-refractivity contribution in [3.63, 3.8) is 0 Å². The average Bonchev–Trinajstić information content (AvgIpc) is 3.01. The number of anilines is 1. The number of benzene rings is 4. The van der Waals surface area contributed by atoms with Crippen LogP contribution in [0.1, 0.15) is 10.4 Å². The fourth-order valence-corrected chi connectivity index (χ4v) is 4.77. The van der Waals surface area contributed by atoms with Crippen LogP contribution in [0, 0.1) is 0 Å². The van der Waals surface area contributed by atoms with Gasteiger partial charge in [-0.15, -0.1) is 0 Å². The van der Waals surface area contributed by atoms with Gasteiger partial charge in [-0.1, -0.05) is 29.8 Å². The molecular formula is C32H23ClN4O5. The number of hydrogen-bond acceptors (Lipinski definition) is 7. The van der Waals surface area contributed by atoms with Gasteiger partial charge in [-0.05, 0) is 54.6 Å². The Hall–Kier alpha value is -5.41. The largest absolute Gasteiger partial charge is 0.493 e. The molecule has 2 aromatic heterocycles. The molecule has 6 aromatic rings. The van der Waals surface area contributed by atoms with E-state index in [0.717, 1.165) is 5.69 Å². The number of aromatic nitrogens is 3. The van der Waals surface area contributed by atoms with E-state index in [1.807, 2.05) is 24.3 Å². The maximum Gasteiger partial charge on any atom is 0.261 e. The molecule has 0 atom stereocenters. The van der Waals surface area contributed by atoms with Crippen molar-refractivity contribution < 1.29 is 19.0 Å². The number of hydrogen-bond donors (Lipinski definition) is 1. The van der Waals surface area contributed by atoms with Crippen molar-refractivity contribution in [2.24, 2.45) is 0 Å². The molecule has 9 nitrogen and oxygen atoms in total. The molecule has 0 saturated heterocycles. The Morgan fingerprint density at radius 1 is 0.857 bits per heavy atom. The number of amides is 1. The van der Waals surface area contributed by atoms with Crippen LogP contribution in [0.15, 0.2) is 102 Å². The average molecular weight is 579 g/mol. The summed E-state index contributed by atoms with van der Waals surface area (Å²) < 4.78 is 18.7. The zero-order valence-electron chi connectivity index (χ0n) is 22.5. The van der Waals surface area contributed by atoms with Gasteiger partial charge in [0, 0.05) is 40.1 Å². The van der Waals surface area contributed by atoms with Crippen LogP contribution in [-0.4, -0.2) is 34.7 Å². The van der Waals surface area contributed by atoms with E-state index in [1.54, 1.807) is 79.5 Å². The van der Waals surface area contributed by atoms with Crippen molar-refractivity contribution in [1.29, 1.82) is 0 Å². The Labute approximate surface area is 244 Å². The first-order chi connectivity index (χ1) is 20.4. The summed E-state index contributed by atoms with van der Waals surface area (Å²) >= 11 is 6.08. The molecule has 0 fully saturated rings. The molecule has 0 unspecified atom stereocenters. The van der Waals surface area contributed by atoms with Crippen LogP contribution in [0.4, 0.5) is 5.69 Å². The van der Waals surface area contributed by atoms with Gasteiger partial charge in [0.25, 0.3) is 5.91 Å². The summed E-state index contributed by atoms with van der Waals surface area (Å²) in [5.41, 5.74) is 2.07.